The van der Waals surface area contributed by atoms with E-state index in [4.69, 9.17) is 5.73 Å². The molecule has 0 radical (unpaired) electrons. The van der Waals surface area contributed by atoms with Gasteiger partial charge in [0, 0.05) is 25.7 Å². The highest BCUT2D eigenvalue weighted by Crippen LogP contribution is 2.11. The summed E-state index contributed by atoms with van der Waals surface area (Å²) in [7, 11) is 2.09. The summed E-state index contributed by atoms with van der Waals surface area (Å²) in [5.41, 5.74) is 7.19. The fourth-order valence-electron chi connectivity index (χ4n) is 2.64. The van der Waals surface area contributed by atoms with Crippen LogP contribution in [0.5, 0.6) is 0 Å². The number of piperazine rings is 1. The molecule has 104 valence electrons. The van der Waals surface area contributed by atoms with Crippen LogP contribution in [0.3, 0.4) is 0 Å². The topological polar surface area (TPSA) is 49.6 Å². The number of amides is 1. The van der Waals surface area contributed by atoms with Crippen molar-refractivity contribution in [1.82, 2.24) is 9.80 Å². The first-order valence-electron chi connectivity index (χ1n) is 6.86. The van der Waals surface area contributed by atoms with Crippen LogP contribution in [0.1, 0.15) is 12.5 Å². The number of carbonyl (C=O) groups is 1. The van der Waals surface area contributed by atoms with Crippen LogP contribution >= 0.6 is 0 Å². The maximum absolute atomic E-state index is 12.4. The minimum Gasteiger partial charge on any atom is -0.336 e. The largest absolute Gasteiger partial charge is 0.336 e. The number of hydrogen-bond acceptors (Lipinski definition) is 3. The predicted octanol–water partition coefficient (Wildman–Crippen LogP) is 0.719. The molecule has 4 nitrogen and oxygen atoms in total. The van der Waals surface area contributed by atoms with Gasteiger partial charge in [0.2, 0.25) is 5.91 Å². The van der Waals surface area contributed by atoms with E-state index in [0.717, 1.165) is 25.2 Å². The Hall–Kier alpha value is -1.39. The van der Waals surface area contributed by atoms with Gasteiger partial charge in [-0.15, -0.1) is 0 Å². The molecule has 2 atom stereocenters. The molecule has 0 saturated carbocycles. The van der Waals surface area contributed by atoms with Gasteiger partial charge in [0.25, 0.3) is 0 Å². The Balaban J connectivity index is 1.95. The van der Waals surface area contributed by atoms with Gasteiger partial charge in [-0.05, 0) is 26.0 Å². The molecule has 0 aliphatic carbocycles. The van der Waals surface area contributed by atoms with E-state index in [9.17, 15) is 4.79 Å². The van der Waals surface area contributed by atoms with Crippen LogP contribution in [0.15, 0.2) is 30.3 Å². The summed E-state index contributed by atoms with van der Waals surface area (Å²) in [5, 5.41) is 0. The Morgan fingerprint density at radius 1 is 1.37 bits per heavy atom. The van der Waals surface area contributed by atoms with Gasteiger partial charge in [-0.2, -0.15) is 0 Å². The van der Waals surface area contributed by atoms with Crippen molar-refractivity contribution in [2.45, 2.75) is 25.4 Å². The number of nitrogens with zero attached hydrogens (tertiary/aromatic N) is 2. The third-order valence-corrected chi connectivity index (χ3v) is 3.73. The van der Waals surface area contributed by atoms with Crippen LogP contribution in [-0.2, 0) is 11.2 Å². The van der Waals surface area contributed by atoms with Crippen molar-refractivity contribution in [2.24, 2.45) is 5.73 Å². The Morgan fingerprint density at radius 2 is 2.05 bits per heavy atom. The zero-order valence-electron chi connectivity index (χ0n) is 11.7. The fraction of sp³-hybridized carbons (Fsp3) is 0.533. The van der Waals surface area contributed by atoms with E-state index >= 15 is 0 Å². The summed E-state index contributed by atoms with van der Waals surface area (Å²) in [6, 6.07) is 9.76. The molecule has 1 fully saturated rings. The number of carbonyl (C=O) groups excluding carboxylic acids is 1. The highest BCUT2D eigenvalue weighted by atomic mass is 16.2. The predicted molar refractivity (Wildman–Crippen MR) is 76.8 cm³/mol. The maximum Gasteiger partial charge on any atom is 0.240 e. The van der Waals surface area contributed by atoms with Crippen molar-refractivity contribution in [3.8, 4) is 0 Å². The third kappa shape index (κ3) is 3.55. The van der Waals surface area contributed by atoms with Gasteiger partial charge in [-0.25, -0.2) is 0 Å². The van der Waals surface area contributed by atoms with E-state index in [-0.39, 0.29) is 11.9 Å². The van der Waals surface area contributed by atoms with Crippen molar-refractivity contribution in [3.05, 3.63) is 35.9 Å². The Bertz CT molecular complexity index is 421. The molecule has 1 saturated heterocycles. The highest BCUT2D eigenvalue weighted by Gasteiger charge is 2.28. The quantitative estimate of drug-likeness (QED) is 0.872. The molecule has 1 heterocycles. The van der Waals surface area contributed by atoms with Crippen molar-refractivity contribution < 1.29 is 4.79 Å². The number of hydrogen-bond donors (Lipinski definition) is 1. The average molecular weight is 261 g/mol. The lowest BCUT2D eigenvalue weighted by molar-refractivity contribution is -0.136. The normalized spacial score (nSPS) is 22.3. The highest BCUT2D eigenvalue weighted by molar-refractivity contribution is 5.82. The Morgan fingerprint density at radius 3 is 2.68 bits per heavy atom. The lowest BCUT2D eigenvalue weighted by Gasteiger charge is -2.39. The maximum atomic E-state index is 12.4. The molecule has 1 amide bonds. The Labute approximate surface area is 115 Å². The van der Waals surface area contributed by atoms with Crippen LogP contribution in [0.2, 0.25) is 0 Å². The van der Waals surface area contributed by atoms with Gasteiger partial charge in [0.15, 0.2) is 0 Å². The second-order valence-electron chi connectivity index (χ2n) is 5.44. The zero-order valence-corrected chi connectivity index (χ0v) is 11.7. The second-order valence-corrected chi connectivity index (χ2v) is 5.44. The van der Waals surface area contributed by atoms with E-state index in [2.05, 4.69) is 18.9 Å². The molecule has 2 rings (SSSR count). The van der Waals surface area contributed by atoms with E-state index < -0.39 is 6.04 Å². The van der Waals surface area contributed by atoms with Gasteiger partial charge in [-0.1, -0.05) is 30.3 Å². The lowest BCUT2D eigenvalue weighted by atomic mass is 10.0. The lowest BCUT2D eigenvalue weighted by Crippen LogP contribution is -2.57. The summed E-state index contributed by atoms with van der Waals surface area (Å²) in [6.45, 7) is 4.71. The first kappa shape index (κ1) is 14.0. The van der Waals surface area contributed by atoms with Gasteiger partial charge >= 0.3 is 0 Å². The number of nitrogens with two attached hydrogens (primary N) is 1. The Kier molecular flexibility index (Phi) is 4.56. The monoisotopic (exact) mass is 261 g/mol. The molecule has 1 aromatic carbocycles. The van der Waals surface area contributed by atoms with Gasteiger partial charge in [0.1, 0.15) is 0 Å². The number of benzene rings is 1. The van der Waals surface area contributed by atoms with Crippen molar-refractivity contribution >= 4 is 5.91 Å². The second kappa shape index (κ2) is 6.17. The molecular weight excluding hydrogens is 238 g/mol. The molecule has 1 aliphatic heterocycles. The standard InChI is InChI=1S/C15H23N3O/c1-12-11-17(2)8-9-18(12)15(19)14(16)10-13-6-4-3-5-7-13/h3-7,12,14H,8-11,16H2,1-2H3. The molecule has 0 spiro atoms. The van der Waals surface area contributed by atoms with Crippen LogP contribution < -0.4 is 5.73 Å². The summed E-state index contributed by atoms with van der Waals surface area (Å²) < 4.78 is 0. The smallest absolute Gasteiger partial charge is 0.240 e. The summed E-state index contributed by atoms with van der Waals surface area (Å²) in [6.07, 6.45) is 0.610. The molecule has 2 N–H and O–H groups in total. The summed E-state index contributed by atoms with van der Waals surface area (Å²) >= 11 is 0. The van der Waals surface area contributed by atoms with Crippen LogP contribution in [0, 0.1) is 0 Å². The van der Waals surface area contributed by atoms with Gasteiger partial charge in [-0.3, -0.25) is 4.79 Å². The zero-order chi connectivity index (χ0) is 13.8. The van der Waals surface area contributed by atoms with E-state index in [1.165, 1.54) is 0 Å². The van der Waals surface area contributed by atoms with Crippen LogP contribution in [-0.4, -0.2) is 54.5 Å². The first-order valence-corrected chi connectivity index (χ1v) is 6.86. The van der Waals surface area contributed by atoms with Crippen molar-refractivity contribution in [2.75, 3.05) is 26.7 Å². The minimum atomic E-state index is -0.437. The summed E-state index contributed by atoms with van der Waals surface area (Å²) in [4.78, 5) is 16.6. The molecule has 2 unspecified atom stereocenters. The van der Waals surface area contributed by atoms with Crippen LogP contribution in [0.25, 0.3) is 0 Å². The average Bonchev–Trinajstić information content (AvgIpc) is 2.39. The third-order valence-electron chi connectivity index (χ3n) is 3.73. The molecule has 1 aliphatic rings. The van der Waals surface area contributed by atoms with E-state index in [1.54, 1.807) is 0 Å². The summed E-state index contributed by atoms with van der Waals surface area (Å²) in [5.74, 6) is 0.0736. The van der Waals surface area contributed by atoms with Gasteiger partial charge in [0.05, 0.1) is 6.04 Å². The molecule has 4 heteroatoms. The molecule has 1 aromatic rings. The number of likely N-dealkylation sites (N-methyl/N-ethyl adjacent to an activating group) is 1. The van der Waals surface area contributed by atoms with E-state index in [1.807, 2.05) is 35.2 Å². The molecule has 0 aromatic heterocycles. The molecule has 0 bridgehead atoms. The minimum absolute atomic E-state index is 0.0736. The van der Waals surface area contributed by atoms with Crippen molar-refractivity contribution in [3.63, 3.8) is 0 Å². The SMILES string of the molecule is CC1CN(C)CCN1C(=O)C(N)Cc1ccccc1. The van der Waals surface area contributed by atoms with Gasteiger partial charge < -0.3 is 15.5 Å². The molecule has 19 heavy (non-hydrogen) atoms. The van der Waals surface area contributed by atoms with Crippen LogP contribution in [0.4, 0.5) is 0 Å². The fourth-order valence-corrected chi connectivity index (χ4v) is 2.64. The van der Waals surface area contributed by atoms with E-state index in [0.29, 0.717) is 6.42 Å². The van der Waals surface area contributed by atoms with Crippen molar-refractivity contribution in [1.29, 1.82) is 0 Å². The first-order chi connectivity index (χ1) is 9.08. The molecular formula is C15H23N3O. The number of rotatable bonds is 3.